The Hall–Kier alpha value is -4.95. The molecule has 244 valence electrons. The molecule has 45 heavy (non-hydrogen) atoms. The summed E-state index contributed by atoms with van der Waals surface area (Å²) in [7, 11) is 0. The molecule has 0 spiro atoms. The van der Waals surface area contributed by atoms with E-state index >= 15 is 0 Å². The molecule has 0 aromatic heterocycles. The number of carbonyl (C=O) groups is 6. The van der Waals surface area contributed by atoms with Crippen LogP contribution >= 0.6 is 0 Å². The molecule has 0 heterocycles. The van der Waals surface area contributed by atoms with E-state index in [1.165, 1.54) is 39.0 Å². The number of alkyl halides is 3. The highest BCUT2D eigenvalue weighted by atomic mass is 19.4. The third-order valence-corrected chi connectivity index (χ3v) is 5.95. The molecule has 0 saturated carbocycles. The number of benzene rings is 2. The number of carboxylic acids is 2. The summed E-state index contributed by atoms with van der Waals surface area (Å²) in [5.41, 5.74) is -3.38. The van der Waals surface area contributed by atoms with Gasteiger partial charge in [-0.3, -0.25) is 4.79 Å². The Balaban J connectivity index is 2.26. The van der Waals surface area contributed by atoms with E-state index in [0.29, 0.717) is 0 Å². The highest BCUT2D eigenvalue weighted by Gasteiger charge is 2.42. The summed E-state index contributed by atoms with van der Waals surface area (Å²) < 4.78 is 56.6. The second-order valence-electron chi connectivity index (χ2n) is 11.5. The molecule has 0 radical (unpaired) electrons. The number of aromatic carboxylic acids is 2. The quantitative estimate of drug-likeness (QED) is 0.226. The van der Waals surface area contributed by atoms with Crippen LogP contribution in [0.2, 0.25) is 0 Å². The average molecular weight is 641 g/mol. The van der Waals surface area contributed by atoms with E-state index in [2.05, 4.69) is 4.74 Å². The first-order chi connectivity index (χ1) is 20.6. The fourth-order valence-electron chi connectivity index (χ4n) is 3.56. The standard InChI is InChI=1S/C30H31F3O12/c1-16(34)42-12-28(2,3)13-43-25(39)19-8-6-17(10-21(19)23(35)36)18-7-9-20(22(11-18)24(37)38)26(40)44-14-29(4,5)15-45-27(41)30(31,32)33/h6-11H,12-15H2,1-5H3,(H,35,36)(H,37,38). The topological polar surface area (TPSA) is 180 Å². The lowest BCUT2D eigenvalue weighted by Gasteiger charge is -2.24. The first-order valence-corrected chi connectivity index (χ1v) is 13.1. The molecule has 2 rings (SSSR count). The minimum atomic E-state index is -5.20. The van der Waals surface area contributed by atoms with Crippen molar-refractivity contribution in [1.29, 1.82) is 0 Å². The van der Waals surface area contributed by atoms with Crippen LogP contribution in [0.4, 0.5) is 13.2 Å². The number of ether oxygens (including phenoxy) is 4. The van der Waals surface area contributed by atoms with Crippen LogP contribution in [0.1, 0.15) is 76.1 Å². The van der Waals surface area contributed by atoms with Crippen molar-refractivity contribution in [3.8, 4) is 11.1 Å². The van der Waals surface area contributed by atoms with Gasteiger partial charge in [-0.25, -0.2) is 24.0 Å². The second kappa shape index (κ2) is 14.2. The van der Waals surface area contributed by atoms with E-state index < -0.39 is 82.7 Å². The van der Waals surface area contributed by atoms with Gasteiger partial charge in [0.25, 0.3) is 0 Å². The maximum Gasteiger partial charge on any atom is 0.490 e. The maximum atomic E-state index is 12.7. The summed E-state index contributed by atoms with van der Waals surface area (Å²) in [5, 5.41) is 19.5. The molecule has 0 amide bonds. The highest BCUT2D eigenvalue weighted by molar-refractivity contribution is 6.05. The molecule has 12 nitrogen and oxygen atoms in total. The minimum Gasteiger partial charge on any atom is -0.478 e. The Morgan fingerprint density at radius 2 is 0.956 bits per heavy atom. The average Bonchev–Trinajstić information content (AvgIpc) is 2.95. The van der Waals surface area contributed by atoms with Gasteiger partial charge < -0.3 is 29.2 Å². The van der Waals surface area contributed by atoms with Gasteiger partial charge in [-0.15, -0.1) is 0 Å². The minimum absolute atomic E-state index is 0.0507. The summed E-state index contributed by atoms with van der Waals surface area (Å²) in [4.78, 5) is 71.4. The first-order valence-electron chi connectivity index (χ1n) is 13.1. The zero-order chi connectivity index (χ0) is 34.3. The predicted octanol–water partition coefficient (Wildman–Crippen LogP) is 4.78. The fourth-order valence-corrected chi connectivity index (χ4v) is 3.56. The predicted molar refractivity (Wildman–Crippen MR) is 148 cm³/mol. The number of carbonyl (C=O) groups excluding carboxylic acids is 4. The Bertz CT molecular complexity index is 1490. The normalized spacial score (nSPS) is 11.7. The van der Waals surface area contributed by atoms with Crippen molar-refractivity contribution in [3.63, 3.8) is 0 Å². The summed E-state index contributed by atoms with van der Waals surface area (Å²) >= 11 is 0. The van der Waals surface area contributed by atoms with Gasteiger partial charge in [-0.05, 0) is 35.4 Å². The van der Waals surface area contributed by atoms with Crippen molar-refractivity contribution >= 4 is 35.8 Å². The Morgan fingerprint density at radius 1 is 0.600 bits per heavy atom. The molecule has 2 N–H and O–H groups in total. The zero-order valence-corrected chi connectivity index (χ0v) is 24.9. The fraction of sp³-hybridized carbons (Fsp3) is 0.400. The van der Waals surface area contributed by atoms with Gasteiger partial charge in [0.05, 0.1) is 48.7 Å². The van der Waals surface area contributed by atoms with Crippen LogP contribution in [0.3, 0.4) is 0 Å². The van der Waals surface area contributed by atoms with Crippen molar-refractivity contribution in [1.82, 2.24) is 0 Å². The van der Waals surface area contributed by atoms with E-state index in [1.54, 1.807) is 13.8 Å². The molecule has 0 aliphatic rings. The smallest absolute Gasteiger partial charge is 0.478 e. The lowest BCUT2D eigenvalue weighted by atomic mass is 9.95. The van der Waals surface area contributed by atoms with Crippen LogP contribution in [0.25, 0.3) is 11.1 Å². The van der Waals surface area contributed by atoms with Crippen molar-refractivity contribution in [3.05, 3.63) is 58.7 Å². The lowest BCUT2D eigenvalue weighted by Crippen LogP contribution is -2.33. The van der Waals surface area contributed by atoms with E-state index in [-0.39, 0.29) is 29.9 Å². The first kappa shape index (κ1) is 36.2. The number of rotatable bonds is 13. The van der Waals surface area contributed by atoms with Crippen LogP contribution in [0.15, 0.2) is 36.4 Å². The molecule has 15 heteroatoms. The molecule has 2 aromatic carbocycles. The molecular weight excluding hydrogens is 609 g/mol. The van der Waals surface area contributed by atoms with Gasteiger partial charge in [-0.2, -0.15) is 13.2 Å². The highest BCUT2D eigenvalue weighted by Crippen LogP contribution is 2.28. The summed E-state index contributed by atoms with van der Waals surface area (Å²) in [6.45, 7) is 5.74. The molecule has 0 atom stereocenters. The van der Waals surface area contributed by atoms with E-state index in [1.807, 2.05) is 0 Å². The summed E-state index contributed by atoms with van der Waals surface area (Å²) in [5.74, 6) is -8.06. The van der Waals surface area contributed by atoms with Gasteiger partial charge >= 0.3 is 42.0 Å². The number of hydrogen-bond acceptors (Lipinski definition) is 10. The van der Waals surface area contributed by atoms with Crippen LogP contribution in [0.5, 0.6) is 0 Å². The lowest BCUT2D eigenvalue weighted by molar-refractivity contribution is -0.202. The zero-order valence-electron chi connectivity index (χ0n) is 24.9. The van der Waals surface area contributed by atoms with E-state index in [4.69, 9.17) is 14.2 Å². The maximum absolute atomic E-state index is 12.7. The Morgan fingerprint density at radius 3 is 1.29 bits per heavy atom. The molecular formula is C30H31F3O12. The molecule has 2 aromatic rings. The van der Waals surface area contributed by atoms with Crippen molar-refractivity contribution in [2.24, 2.45) is 10.8 Å². The number of esters is 4. The van der Waals surface area contributed by atoms with Crippen molar-refractivity contribution in [2.45, 2.75) is 40.8 Å². The number of carboxylic acid groups (broad SMARTS) is 2. The van der Waals surface area contributed by atoms with Crippen LogP contribution in [0, 0.1) is 10.8 Å². The molecule has 0 aliphatic carbocycles. The molecule has 0 fully saturated rings. The van der Waals surface area contributed by atoms with E-state index in [9.17, 15) is 52.2 Å². The SMILES string of the molecule is CC(=O)OCC(C)(C)COC(=O)c1ccc(-c2ccc(C(=O)OCC(C)(C)COC(=O)C(F)(F)F)c(C(=O)O)c2)cc1C(=O)O. The van der Waals surface area contributed by atoms with Crippen molar-refractivity contribution < 1.29 is 71.1 Å². The summed E-state index contributed by atoms with van der Waals surface area (Å²) in [6.07, 6.45) is -5.20. The Kier molecular flexibility index (Phi) is 11.5. The van der Waals surface area contributed by atoms with Gasteiger partial charge in [0.15, 0.2) is 0 Å². The molecule has 0 bridgehead atoms. The third kappa shape index (κ3) is 10.6. The number of halogens is 3. The van der Waals surface area contributed by atoms with Gasteiger partial charge in [0.1, 0.15) is 0 Å². The van der Waals surface area contributed by atoms with Crippen molar-refractivity contribution in [2.75, 3.05) is 26.4 Å². The molecule has 0 unspecified atom stereocenters. The van der Waals surface area contributed by atoms with Crippen LogP contribution in [-0.4, -0.2) is 78.6 Å². The van der Waals surface area contributed by atoms with Crippen LogP contribution < -0.4 is 0 Å². The van der Waals surface area contributed by atoms with Crippen LogP contribution in [-0.2, 0) is 28.5 Å². The molecule has 0 aliphatic heterocycles. The second-order valence-corrected chi connectivity index (χ2v) is 11.5. The summed E-state index contributed by atoms with van der Waals surface area (Å²) in [6, 6.07) is 7.12. The van der Waals surface area contributed by atoms with Gasteiger partial charge in [0.2, 0.25) is 0 Å². The largest absolute Gasteiger partial charge is 0.490 e. The monoisotopic (exact) mass is 640 g/mol. The Labute approximate surface area is 255 Å². The number of hydrogen-bond donors (Lipinski definition) is 2. The van der Waals surface area contributed by atoms with Gasteiger partial charge in [0, 0.05) is 17.8 Å². The molecule has 0 saturated heterocycles. The van der Waals surface area contributed by atoms with Gasteiger partial charge in [-0.1, -0.05) is 39.8 Å². The third-order valence-electron chi connectivity index (χ3n) is 5.95. The van der Waals surface area contributed by atoms with E-state index in [0.717, 1.165) is 18.2 Å².